The molecule has 1 fully saturated rings. The molecular weight excluding hydrogens is 991 g/mol. The van der Waals surface area contributed by atoms with Crippen LogP contribution in [0.2, 0.25) is 0 Å². The summed E-state index contributed by atoms with van der Waals surface area (Å²) in [5.41, 5.74) is 0. The predicted molar refractivity (Wildman–Crippen MR) is 329 cm³/mol. The van der Waals surface area contributed by atoms with Crippen molar-refractivity contribution in [2.45, 2.75) is 359 Å². The van der Waals surface area contributed by atoms with E-state index in [0.29, 0.717) is 12.8 Å². The first-order valence-corrected chi connectivity index (χ1v) is 33.4. The second kappa shape index (κ2) is 56.1. The standard InChI is InChI=1S/C68H125NO10/c1-4-7-10-13-16-19-22-25-26-27-28-29-30-31-32-33-34-35-36-38-41-44-47-50-53-56-63(73)79-66-65(75)64(74)62(57-70)78-68(66)77-58-59(60(71)54-51-48-45-42-39-24-21-18-15-12-9-6-3)69-67(76)61(72)55-52-49-46-43-40-37-23-20-17-14-11-8-5-2/h8,11,17,20,25-26,51,54,59-62,64-66,68,70-72,74-75H,4-7,9-10,12-16,18-19,21-24,27-50,52-53,55-58H2,1-3H3,(H,69,76)/b11-8+,20-17+,26-25+,54-51+. The summed E-state index contributed by atoms with van der Waals surface area (Å²) in [6.07, 6.45) is 58.8. The summed E-state index contributed by atoms with van der Waals surface area (Å²) in [4.78, 5) is 26.6. The Balaban J connectivity index is 2.56. The molecule has 1 heterocycles. The molecule has 11 nitrogen and oxygen atoms in total. The molecule has 8 unspecified atom stereocenters. The number of aliphatic hydroxyl groups excluding tert-OH is 5. The fourth-order valence-corrected chi connectivity index (χ4v) is 10.5. The molecule has 0 aliphatic carbocycles. The number of hydrogen-bond acceptors (Lipinski definition) is 10. The highest BCUT2D eigenvalue weighted by atomic mass is 16.7. The van der Waals surface area contributed by atoms with Crippen molar-refractivity contribution in [3.63, 3.8) is 0 Å². The van der Waals surface area contributed by atoms with Crippen molar-refractivity contribution >= 4 is 11.9 Å². The van der Waals surface area contributed by atoms with Crippen LogP contribution in [0.15, 0.2) is 48.6 Å². The molecule has 462 valence electrons. The van der Waals surface area contributed by atoms with Crippen LogP contribution in [0.4, 0.5) is 0 Å². The highest BCUT2D eigenvalue weighted by Gasteiger charge is 2.47. The van der Waals surface area contributed by atoms with Crippen LogP contribution in [0.3, 0.4) is 0 Å². The Morgan fingerprint density at radius 2 is 0.911 bits per heavy atom. The van der Waals surface area contributed by atoms with Gasteiger partial charge in [0.05, 0.1) is 25.4 Å². The van der Waals surface area contributed by atoms with Crippen molar-refractivity contribution in [3.8, 4) is 0 Å². The van der Waals surface area contributed by atoms with Gasteiger partial charge >= 0.3 is 5.97 Å². The van der Waals surface area contributed by atoms with Gasteiger partial charge < -0.3 is 45.1 Å². The number of ether oxygens (including phenoxy) is 3. The van der Waals surface area contributed by atoms with Gasteiger partial charge in [0, 0.05) is 6.42 Å². The van der Waals surface area contributed by atoms with Gasteiger partial charge in [0.25, 0.3) is 0 Å². The van der Waals surface area contributed by atoms with Crippen LogP contribution >= 0.6 is 0 Å². The van der Waals surface area contributed by atoms with E-state index in [1.165, 1.54) is 173 Å². The second-order valence-corrected chi connectivity index (χ2v) is 23.2. The Kier molecular flexibility index (Phi) is 53.0. The van der Waals surface area contributed by atoms with Gasteiger partial charge in [0.2, 0.25) is 5.91 Å². The normalized spacial score (nSPS) is 19.1. The van der Waals surface area contributed by atoms with Crippen molar-refractivity contribution in [1.82, 2.24) is 5.32 Å². The molecule has 1 aliphatic rings. The third-order valence-electron chi connectivity index (χ3n) is 15.7. The third kappa shape index (κ3) is 43.9. The molecule has 1 saturated heterocycles. The fourth-order valence-electron chi connectivity index (χ4n) is 10.5. The Morgan fingerprint density at radius 1 is 0.506 bits per heavy atom. The number of carbonyl (C=O) groups is 2. The zero-order valence-electron chi connectivity index (χ0n) is 51.2. The lowest BCUT2D eigenvalue weighted by molar-refractivity contribution is -0.305. The van der Waals surface area contributed by atoms with Crippen LogP contribution in [0.5, 0.6) is 0 Å². The minimum absolute atomic E-state index is 0.125. The van der Waals surface area contributed by atoms with Crippen LogP contribution in [-0.2, 0) is 23.8 Å². The fraction of sp³-hybridized carbons (Fsp3) is 0.853. The summed E-state index contributed by atoms with van der Waals surface area (Å²) in [6.45, 7) is 5.70. The second-order valence-electron chi connectivity index (χ2n) is 23.2. The summed E-state index contributed by atoms with van der Waals surface area (Å²) in [5, 5.41) is 57.0. The van der Waals surface area contributed by atoms with Gasteiger partial charge in [-0.1, -0.05) is 275 Å². The highest BCUT2D eigenvalue weighted by Crippen LogP contribution is 2.26. The first-order chi connectivity index (χ1) is 38.7. The molecule has 79 heavy (non-hydrogen) atoms. The molecule has 0 radical (unpaired) electrons. The average molecular weight is 1120 g/mol. The molecule has 0 aromatic heterocycles. The number of allylic oxidation sites excluding steroid dienone is 7. The maximum atomic E-state index is 13.4. The van der Waals surface area contributed by atoms with Gasteiger partial charge in [-0.05, 0) is 77.0 Å². The van der Waals surface area contributed by atoms with Gasteiger partial charge in [0.15, 0.2) is 12.4 Å². The lowest BCUT2D eigenvalue weighted by Crippen LogP contribution is -2.61. The Hall–Kier alpha value is -2.38. The molecule has 0 aromatic rings. The minimum atomic E-state index is -1.61. The van der Waals surface area contributed by atoms with Crippen LogP contribution in [-0.4, -0.2) is 99.6 Å². The molecule has 0 spiro atoms. The van der Waals surface area contributed by atoms with Gasteiger partial charge in [-0.2, -0.15) is 0 Å². The van der Waals surface area contributed by atoms with E-state index in [-0.39, 0.29) is 19.4 Å². The zero-order chi connectivity index (χ0) is 57.5. The molecule has 1 aliphatic heterocycles. The van der Waals surface area contributed by atoms with E-state index in [1.54, 1.807) is 6.08 Å². The summed E-state index contributed by atoms with van der Waals surface area (Å²) in [6, 6.07) is -1.03. The predicted octanol–water partition coefficient (Wildman–Crippen LogP) is 16.4. The lowest BCUT2D eigenvalue weighted by atomic mass is 9.99. The van der Waals surface area contributed by atoms with E-state index in [4.69, 9.17) is 14.2 Å². The summed E-state index contributed by atoms with van der Waals surface area (Å²) < 4.78 is 17.7. The third-order valence-corrected chi connectivity index (χ3v) is 15.7. The number of esters is 1. The average Bonchev–Trinajstić information content (AvgIpc) is 3.46. The number of nitrogens with one attached hydrogen (secondary N) is 1. The Labute approximate surface area is 485 Å². The van der Waals surface area contributed by atoms with Gasteiger partial charge in [-0.15, -0.1) is 0 Å². The number of aliphatic hydroxyl groups is 5. The van der Waals surface area contributed by atoms with Crippen molar-refractivity contribution < 1.29 is 49.3 Å². The number of amides is 1. The number of rotatable bonds is 57. The van der Waals surface area contributed by atoms with Crippen LogP contribution in [0, 0.1) is 0 Å². The van der Waals surface area contributed by atoms with Crippen molar-refractivity contribution in [2.75, 3.05) is 13.2 Å². The SMILES string of the molecule is CC/C=C/C/C=C/CCCCCCCCC(O)C(=O)NC(COC1OC(CO)C(O)C(O)C1OC(=O)CCCCCCCCCCCCCCCCC/C=C/CCCCCCCC)C(O)/C=C/CCCCCCCCCCCC. The molecule has 6 N–H and O–H groups in total. The Bertz CT molecular complexity index is 1470. The summed E-state index contributed by atoms with van der Waals surface area (Å²) >= 11 is 0. The molecule has 11 heteroatoms. The molecule has 1 rings (SSSR count). The first kappa shape index (κ1) is 74.6. The van der Waals surface area contributed by atoms with Crippen LogP contribution in [0.1, 0.15) is 310 Å². The maximum Gasteiger partial charge on any atom is 0.306 e. The van der Waals surface area contributed by atoms with Crippen LogP contribution < -0.4 is 5.32 Å². The van der Waals surface area contributed by atoms with E-state index in [1.807, 2.05) is 6.08 Å². The zero-order valence-corrected chi connectivity index (χ0v) is 51.2. The first-order valence-electron chi connectivity index (χ1n) is 33.4. The molecule has 0 bridgehead atoms. The smallest absolute Gasteiger partial charge is 0.306 e. The van der Waals surface area contributed by atoms with Crippen molar-refractivity contribution in [3.05, 3.63) is 48.6 Å². The molecule has 0 aromatic carbocycles. The molecule has 1 amide bonds. The van der Waals surface area contributed by atoms with E-state index < -0.39 is 67.4 Å². The van der Waals surface area contributed by atoms with Gasteiger partial charge in [0.1, 0.15) is 24.4 Å². The van der Waals surface area contributed by atoms with Crippen molar-refractivity contribution in [1.29, 1.82) is 0 Å². The van der Waals surface area contributed by atoms with E-state index in [0.717, 1.165) is 89.9 Å². The largest absolute Gasteiger partial charge is 0.454 e. The summed E-state index contributed by atoms with van der Waals surface area (Å²) in [5.74, 6) is -1.19. The van der Waals surface area contributed by atoms with Gasteiger partial charge in [-0.25, -0.2) is 0 Å². The highest BCUT2D eigenvalue weighted by molar-refractivity contribution is 5.80. The lowest BCUT2D eigenvalue weighted by Gasteiger charge is -2.41. The van der Waals surface area contributed by atoms with Crippen LogP contribution in [0.25, 0.3) is 0 Å². The van der Waals surface area contributed by atoms with E-state index in [2.05, 4.69) is 62.5 Å². The maximum absolute atomic E-state index is 13.4. The van der Waals surface area contributed by atoms with Gasteiger partial charge in [-0.3, -0.25) is 9.59 Å². The molecular formula is C68H125NO10. The number of hydrogen-bond donors (Lipinski definition) is 6. The molecule has 0 saturated carbocycles. The molecule has 8 atom stereocenters. The quantitative estimate of drug-likeness (QED) is 0.0195. The Morgan fingerprint density at radius 3 is 1.37 bits per heavy atom. The topological polar surface area (TPSA) is 175 Å². The van der Waals surface area contributed by atoms with Crippen molar-refractivity contribution in [2.24, 2.45) is 0 Å². The summed E-state index contributed by atoms with van der Waals surface area (Å²) in [7, 11) is 0. The minimum Gasteiger partial charge on any atom is -0.454 e. The number of carbonyl (C=O) groups excluding carboxylic acids is 2. The monoisotopic (exact) mass is 1120 g/mol. The van der Waals surface area contributed by atoms with E-state index in [9.17, 15) is 35.1 Å². The number of unbranched alkanes of at least 4 members (excludes halogenated alkanes) is 37. The van der Waals surface area contributed by atoms with E-state index >= 15 is 0 Å².